The number of carbonyl (C=O) groups is 1. The topological polar surface area (TPSA) is 91.6 Å². The number of thiazole rings is 1. The van der Waals surface area contributed by atoms with Crippen LogP contribution in [0, 0.1) is 17.0 Å². The number of carbonyl (C=O) groups excluding carboxylic acids is 1. The van der Waals surface area contributed by atoms with Crippen LogP contribution in [-0.4, -0.2) is 23.0 Å². The maximum absolute atomic E-state index is 12.3. The number of benzene rings is 2. The number of hydrogen-bond donors (Lipinski definition) is 0. The minimum Gasteiger partial charge on any atom is -0.497 e. The highest BCUT2D eigenvalue weighted by Crippen LogP contribution is 2.36. The quantitative estimate of drug-likeness (QED) is 0.308. The first-order valence-electron chi connectivity index (χ1n) is 8.14. The van der Waals surface area contributed by atoms with E-state index in [0.29, 0.717) is 15.0 Å². The SMILES string of the molecule is COc1ccc(COC(=O)c2ccc(Sc3nc(C)cs3)c([N+](=O)[O-])c2)cc1. The standard InChI is InChI=1S/C19H16N2O5S2/c1-12-11-27-19(20-12)28-17-8-5-14(9-16(17)21(23)24)18(22)26-10-13-3-6-15(25-2)7-4-13/h3-9,11H,10H2,1-2H3. The lowest BCUT2D eigenvalue weighted by Crippen LogP contribution is -2.06. The van der Waals surface area contributed by atoms with Crippen molar-refractivity contribution in [1.29, 1.82) is 0 Å². The number of nitro groups is 1. The average molecular weight is 416 g/mol. The fourth-order valence-corrected chi connectivity index (χ4v) is 4.18. The van der Waals surface area contributed by atoms with Crippen molar-refractivity contribution in [2.24, 2.45) is 0 Å². The Morgan fingerprint density at radius 1 is 1.25 bits per heavy atom. The third-order valence-corrected chi connectivity index (χ3v) is 5.84. The second-order valence-electron chi connectivity index (χ2n) is 5.72. The molecule has 9 heteroatoms. The van der Waals surface area contributed by atoms with Crippen molar-refractivity contribution < 1.29 is 19.2 Å². The van der Waals surface area contributed by atoms with Gasteiger partial charge in [-0.2, -0.15) is 0 Å². The molecule has 0 N–H and O–H groups in total. The largest absolute Gasteiger partial charge is 0.497 e. The van der Waals surface area contributed by atoms with Crippen molar-refractivity contribution in [2.75, 3.05) is 7.11 Å². The molecule has 0 atom stereocenters. The number of esters is 1. The Kier molecular flexibility index (Phi) is 6.27. The molecular formula is C19H16N2O5S2. The molecule has 0 aliphatic rings. The number of nitro benzene ring substituents is 1. The second kappa shape index (κ2) is 8.85. The van der Waals surface area contributed by atoms with Crippen LogP contribution in [0.5, 0.6) is 5.75 Å². The molecule has 0 radical (unpaired) electrons. The molecular weight excluding hydrogens is 400 g/mol. The van der Waals surface area contributed by atoms with Crippen LogP contribution in [0.2, 0.25) is 0 Å². The summed E-state index contributed by atoms with van der Waals surface area (Å²) in [7, 11) is 1.57. The van der Waals surface area contributed by atoms with E-state index >= 15 is 0 Å². The first-order chi connectivity index (χ1) is 13.5. The summed E-state index contributed by atoms with van der Waals surface area (Å²) in [6.07, 6.45) is 0. The number of aryl methyl sites for hydroxylation is 1. The Labute approximate surface area is 169 Å². The Bertz CT molecular complexity index is 1000. The van der Waals surface area contributed by atoms with Gasteiger partial charge in [0.05, 0.1) is 22.5 Å². The van der Waals surface area contributed by atoms with Gasteiger partial charge in [-0.15, -0.1) is 11.3 Å². The summed E-state index contributed by atoms with van der Waals surface area (Å²) in [6.45, 7) is 1.92. The van der Waals surface area contributed by atoms with Crippen LogP contribution in [0.1, 0.15) is 21.6 Å². The van der Waals surface area contributed by atoms with Gasteiger partial charge >= 0.3 is 5.97 Å². The van der Waals surface area contributed by atoms with Crippen molar-refractivity contribution in [3.8, 4) is 5.75 Å². The average Bonchev–Trinajstić information content (AvgIpc) is 3.11. The van der Waals surface area contributed by atoms with Crippen LogP contribution in [0.15, 0.2) is 57.1 Å². The molecule has 0 fully saturated rings. The number of nitrogens with zero attached hydrogens (tertiary/aromatic N) is 2. The van der Waals surface area contributed by atoms with Gasteiger partial charge in [-0.25, -0.2) is 9.78 Å². The minimum absolute atomic E-state index is 0.0610. The number of rotatable bonds is 7. The molecule has 0 aliphatic heterocycles. The highest BCUT2D eigenvalue weighted by atomic mass is 32.2. The number of aromatic nitrogens is 1. The van der Waals surface area contributed by atoms with Gasteiger partial charge < -0.3 is 9.47 Å². The monoisotopic (exact) mass is 416 g/mol. The van der Waals surface area contributed by atoms with Gasteiger partial charge in [0.25, 0.3) is 5.69 Å². The predicted octanol–water partition coefficient (Wildman–Crippen LogP) is 4.88. The molecule has 0 amide bonds. The normalized spacial score (nSPS) is 10.5. The Morgan fingerprint density at radius 2 is 2.00 bits per heavy atom. The van der Waals surface area contributed by atoms with Crippen LogP contribution >= 0.6 is 23.1 Å². The maximum Gasteiger partial charge on any atom is 0.338 e. The van der Waals surface area contributed by atoms with Crippen molar-refractivity contribution >= 4 is 34.8 Å². The molecule has 7 nitrogen and oxygen atoms in total. The number of hydrogen-bond acceptors (Lipinski definition) is 8. The summed E-state index contributed by atoms with van der Waals surface area (Å²) in [6, 6.07) is 11.4. The van der Waals surface area contributed by atoms with Crippen LogP contribution in [-0.2, 0) is 11.3 Å². The molecule has 1 heterocycles. The highest BCUT2D eigenvalue weighted by molar-refractivity contribution is 8.01. The first-order valence-corrected chi connectivity index (χ1v) is 9.84. The zero-order chi connectivity index (χ0) is 20.1. The molecule has 0 saturated heterocycles. The molecule has 3 rings (SSSR count). The van der Waals surface area contributed by atoms with Gasteiger partial charge in [-0.1, -0.05) is 23.9 Å². The maximum atomic E-state index is 12.3. The lowest BCUT2D eigenvalue weighted by Gasteiger charge is -2.07. The summed E-state index contributed by atoms with van der Waals surface area (Å²) in [5.74, 6) is 0.0785. The fourth-order valence-electron chi connectivity index (χ4n) is 2.30. The van der Waals surface area contributed by atoms with Gasteiger partial charge in [0, 0.05) is 17.1 Å². The van der Waals surface area contributed by atoms with E-state index in [1.165, 1.54) is 35.2 Å². The van der Waals surface area contributed by atoms with E-state index < -0.39 is 10.9 Å². The second-order valence-corrected chi connectivity index (χ2v) is 7.87. The van der Waals surface area contributed by atoms with Gasteiger partial charge in [-0.3, -0.25) is 10.1 Å². The molecule has 1 aromatic heterocycles. The molecule has 3 aromatic rings. The van der Waals surface area contributed by atoms with Crippen molar-refractivity contribution in [2.45, 2.75) is 22.8 Å². The van der Waals surface area contributed by atoms with Gasteiger partial charge in [0.1, 0.15) is 12.4 Å². The molecule has 0 spiro atoms. The van der Waals surface area contributed by atoms with E-state index in [0.717, 1.165) is 11.3 Å². The van der Waals surface area contributed by atoms with Gasteiger partial charge in [0.2, 0.25) is 0 Å². The van der Waals surface area contributed by atoms with Crippen LogP contribution in [0.25, 0.3) is 0 Å². The van der Waals surface area contributed by atoms with Crippen molar-refractivity contribution in [3.05, 3.63) is 74.8 Å². The van der Waals surface area contributed by atoms with E-state index in [1.54, 1.807) is 37.4 Å². The van der Waals surface area contributed by atoms with E-state index in [-0.39, 0.29) is 17.9 Å². The van der Waals surface area contributed by atoms with E-state index in [2.05, 4.69) is 4.98 Å². The lowest BCUT2D eigenvalue weighted by atomic mass is 10.2. The molecule has 0 aliphatic carbocycles. The van der Waals surface area contributed by atoms with Crippen LogP contribution in [0.4, 0.5) is 5.69 Å². The zero-order valence-corrected chi connectivity index (χ0v) is 16.7. The Balaban J connectivity index is 1.72. The molecule has 144 valence electrons. The lowest BCUT2D eigenvalue weighted by molar-refractivity contribution is -0.387. The zero-order valence-electron chi connectivity index (χ0n) is 15.1. The summed E-state index contributed by atoms with van der Waals surface area (Å²) in [4.78, 5) is 28.0. The number of ether oxygens (including phenoxy) is 2. The third-order valence-electron chi connectivity index (χ3n) is 3.72. The molecule has 0 unspecified atom stereocenters. The first kappa shape index (κ1) is 19.8. The summed E-state index contributed by atoms with van der Waals surface area (Å²) in [5, 5.41) is 13.3. The fraction of sp³-hybridized carbons (Fsp3) is 0.158. The third kappa shape index (κ3) is 4.87. The predicted molar refractivity (Wildman–Crippen MR) is 106 cm³/mol. The van der Waals surface area contributed by atoms with Crippen molar-refractivity contribution in [1.82, 2.24) is 4.98 Å². The Morgan fingerprint density at radius 3 is 2.61 bits per heavy atom. The number of methoxy groups -OCH3 is 1. The smallest absolute Gasteiger partial charge is 0.338 e. The van der Waals surface area contributed by atoms with E-state index in [9.17, 15) is 14.9 Å². The van der Waals surface area contributed by atoms with Crippen LogP contribution < -0.4 is 4.74 Å². The Hall–Kier alpha value is -2.91. The van der Waals surface area contributed by atoms with Gasteiger partial charge in [-0.05, 0) is 36.8 Å². The summed E-state index contributed by atoms with van der Waals surface area (Å²) in [5.41, 5.74) is 1.61. The minimum atomic E-state index is -0.624. The summed E-state index contributed by atoms with van der Waals surface area (Å²) < 4.78 is 11.0. The molecule has 0 bridgehead atoms. The van der Waals surface area contributed by atoms with Gasteiger partial charge in [0.15, 0.2) is 4.34 Å². The van der Waals surface area contributed by atoms with Crippen LogP contribution in [0.3, 0.4) is 0 Å². The molecule has 0 saturated carbocycles. The highest BCUT2D eigenvalue weighted by Gasteiger charge is 2.20. The van der Waals surface area contributed by atoms with E-state index in [1.807, 2.05) is 12.3 Å². The molecule has 2 aromatic carbocycles. The summed E-state index contributed by atoms with van der Waals surface area (Å²) >= 11 is 2.61. The molecule has 28 heavy (non-hydrogen) atoms. The van der Waals surface area contributed by atoms with E-state index in [4.69, 9.17) is 9.47 Å². The van der Waals surface area contributed by atoms with Crippen molar-refractivity contribution in [3.63, 3.8) is 0 Å².